The molecule has 0 unspecified atom stereocenters. The Morgan fingerprint density at radius 2 is 2.30 bits per heavy atom. The van der Waals surface area contributed by atoms with Crippen LogP contribution in [0, 0.1) is 0 Å². The van der Waals surface area contributed by atoms with Gasteiger partial charge in [0.25, 0.3) is 0 Å². The summed E-state index contributed by atoms with van der Waals surface area (Å²) in [4.78, 5) is 0. The van der Waals surface area contributed by atoms with E-state index in [0.29, 0.717) is 23.1 Å². The summed E-state index contributed by atoms with van der Waals surface area (Å²) < 4.78 is 10.9. The van der Waals surface area contributed by atoms with Crippen molar-refractivity contribution in [2.75, 3.05) is 13.7 Å². The average Bonchev–Trinajstić information content (AvgIpc) is 2.40. The van der Waals surface area contributed by atoms with Gasteiger partial charge in [0.2, 0.25) is 0 Å². The number of ether oxygens (including phenoxy) is 2. The number of hydrogen-bond donors (Lipinski definition) is 2. The van der Waals surface area contributed by atoms with Crippen molar-refractivity contribution in [3.8, 4) is 11.5 Å². The van der Waals surface area contributed by atoms with E-state index in [1.807, 2.05) is 0 Å². The van der Waals surface area contributed by atoms with Gasteiger partial charge in [0, 0.05) is 0 Å². The van der Waals surface area contributed by atoms with E-state index in [9.17, 15) is 0 Å². The van der Waals surface area contributed by atoms with Crippen LogP contribution < -0.4 is 20.6 Å². The highest BCUT2D eigenvalue weighted by molar-refractivity contribution is 7.80. The van der Waals surface area contributed by atoms with Gasteiger partial charge in [-0.05, 0) is 36.3 Å². The van der Waals surface area contributed by atoms with Crippen molar-refractivity contribution in [3.05, 3.63) is 22.7 Å². The predicted molar refractivity (Wildman–Crippen MR) is 85.9 cm³/mol. The molecule has 20 heavy (non-hydrogen) atoms. The zero-order valence-corrected chi connectivity index (χ0v) is 13.1. The van der Waals surface area contributed by atoms with Crippen LogP contribution in [0.25, 0.3) is 0 Å². The molecule has 1 rings (SSSR count). The second kappa shape index (κ2) is 8.60. The van der Waals surface area contributed by atoms with E-state index in [1.165, 1.54) is 0 Å². The van der Waals surface area contributed by atoms with E-state index < -0.39 is 0 Å². The van der Waals surface area contributed by atoms with Crippen molar-refractivity contribution in [2.45, 2.75) is 19.8 Å². The van der Waals surface area contributed by atoms with Gasteiger partial charge in [-0.15, -0.1) is 0 Å². The first-order valence-corrected chi connectivity index (χ1v) is 6.96. The fraction of sp³-hybridized carbons (Fsp3) is 0.385. The summed E-state index contributed by atoms with van der Waals surface area (Å²) in [5.74, 6) is 1.10. The molecule has 0 spiro atoms. The molecule has 0 aromatic heterocycles. The number of methoxy groups -OCH3 is 1. The molecule has 0 fully saturated rings. The van der Waals surface area contributed by atoms with Crippen molar-refractivity contribution >= 4 is 35.1 Å². The number of nitrogens with one attached hydrogen (secondary N) is 1. The first kappa shape index (κ1) is 16.5. The molecule has 110 valence electrons. The van der Waals surface area contributed by atoms with Crippen LogP contribution in [-0.2, 0) is 0 Å². The SMILES string of the molecule is CCCCOc1c(Cl)cc(/C=N/NC(N)=S)cc1OC. The van der Waals surface area contributed by atoms with Crippen LogP contribution in [0.15, 0.2) is 17.2 Å². The van der Waals surface area contributed by atoms with Gasteiger partial charge in [0.1, 0.15) is 0 Å². The second-order valence-electron chi connectivity index (χ2n) is 3.97. The Kier molecular flexibility index (Phi) is 7.11. The van der Waals surface area contributed by atoms with E-state index in [2.05, 4.69) is 29.7 Å². The van der Waals surface area contributed by atoms with Gasteiger partial charge in [-0.3, -0.25) is 5.43 Å². The monoisotopic (exact) mass is 315 g/mol. The zero-order chi connectivity index (χ0) is 15.0. The molecule has 0 aliphatic heterocycles. The molecule has 5 nitrogen and oxygen atoms in total. The van der Waals surface area contributed by atoms with E-state index >= 15 is 0 Å². The van der Waals surface area contributed by atoms with Gasteiger partial charge < -0.3 is 15.2 Å². The summed E-state index contributed by atoms with van der Waals surface area (Å²) in [6.45, 7) is 2.69. The molecule has 0 amide bonds. The number of thiocarbonyl (C=S) groups is 1. The molecule has 0 saturated heterocycles. The third-order valence-electron chi connectivity index (χ3n) is 2.38. The Morgan fingerprint density at radius 1 is 1.55 bits per heavy atom. The molecule has 1 aromatic rings. The minimum absolute atomic E-state index is 0.0961. The van der Waals surface area contributed by atoms with Crippen LogP contribution in [-0.4, -0.2) is 25.0 Å². The minimum atomic E-state index is 0.0961. The summed E-state index contributed by atoms with van der Waals surface area (Å²) in [5.41, 5.74) is 8.49. The maximum atomic E-state index is 6.20. The molecule has 0 atom stereocenters. The van der Waals surface area contributed by atoms with Crippen LogP contribution in [0.4, 0.5) is 0 Å². The van der Waals surface area contributed by atoms with Crippen molar-refractivity contribution in [1.29, 1.82) is 0 Å². The fourth-order valence-electron chi connectivity index (χ4n) is 1.44. The largest absolute Gasteiger partial charge is 0.493 e. The lowest BCUT2D eigenvalue weighted by Crippen LogP contribution is -2.23. The number of rotatable bonds is 7. The number of nitrogens with zero attached hydrogens (tertiary/aromatic N) is 1. The zero-order valence-electron chi connectivity index (χ0n) is 11.5. The Bertz CT molecular complexity index is 495. The maximum absolute atomic E-state index is 6.20. The molecule has 0 bridgehead atoms. The quantitative estimate of drug-likeness (QED) is 0.350. The van der Waals surface area contributed by atoms with Gasteiger partial charge in [0.15, 0.2) is 16.6 Å². The Labute approximate surface area is 129 Å². The average molecular weight is 316 g/mol. The molecular weight excluding hydrogens is 298 g/mol. The van der Waals surface area contributed by atoms with Crippen molar-refractivity contribution in [2.24, 2.45) is 10.8 Å². The normalized spacial score (nSPS) is 10.6. The molecule has 0 aliphatic carbocycles. The number of halogens is 1. The van der Waals surface area contributed by atoms with Gasteiger partial charge in [0.05, 0.1) is 25.0 Å². The molecule has 3 N–H and O–H groups in total. The van der Waals surface area contributed by atoms with Crippen molar-refractivity contribution in [3.63, 3.8) is 0 Å². The van der Waals surface area contributed by atoms with E-state index in [0.717, 1.165) is 18.4 Å². The summed E-state index contributed by atoms with van der Waals surface area (Å²) in [6, 6.07) is 3.51. The highest BCUT2D eigenvalue weighted by Crippen LogP contribution is 2.36. The maximum Gasteiger partial charge on any atom is 0.184 e. The first-order valence-electron chi connectivity index (χ1n) is 6.17. The fourth-order valence-corrected chi connectivity index (χ4v) is 1.77. The lowest BCUT2D eigenvalue weighted by Gasteiger charge is -2.12. The standard InChI is InChI=1S/C13H18ClN3O2S/c1-3-4-5-19-12-10(14)6-9(7-11(12)18-2)8-16-17-13(15)20/h6-8H,3-5H2,1-2H3,(H3,15,17,20)/b16-8+. The number of benzene rings is 1. The lowest BCUT2D eigenvalue weighted by atomic mass is 10.2. The third kappa shape index (κ3) is 5.22. The van der Waals surface area contributed by atoms with Crippen molar-refractivity contribution < 1.29 is 9.47 Å². The first-order chi connectivity index (χ1) is 9.58. The molecule has 0 saturated carbocycles. The van der Waals surface area contributed by atoms with Gasteiger partial charge in [-0.2, -0.15) is 5.10 Å². The molecular formula is C13H18ClN3O2S. The molecule has 0 aliphatic rings. The van der Waals surface area contributed by atoms with E-state index in [-0.39, 0.29) is 5.11 Å². The Hall–Kier alpha value is -1.53. The Balaban J connectivity index is 2.88. The van der Waals surface area contributed by atoms with E-state index in [4.69, 9.17) is 26.8 Å². The predicted octanol–water partition coefficient (Wildman–Crippen LogP) is 2.69. The van der Waals surface area contributed by atoms with Crippen LogP contribution in [0.3, 0.4) is 0 Å². The molecule has 7 heteroatoms. The summed E-state index contributed by atoms with van der Waals surface area (Å²) in [7, 11) is 1.56. The highest BCUT2D eigenvalue weighted by atomic mass is 35.5. The highest BCUT2D eigenvalue weighted by Gasteiger charge is 2.11. The van der Waals surface area contributed by atoms with Crippen LogP contribution in [0.2, 0.25) is 5.02 Å². The van der Waals surface area contributed by atoms with Crippen LogP contribution in [0.1, 0.15) is 25.3 Å². The minimum Gasteiger partial charge on any atom is -0.493 e. The molecule has 0 radical (unpaired) electrons. The van der Waals surface area contributed by atoms with Crippen LogP contribution in [0.5, 0.6) is 11.5 Å². The molecule has 1 aromatic carbocycles. The van der Waals surface area contributed by atoms with Gasteiger partial charge in [-0.25, -0.2) is 0 Å². The number of hydrazone groups is 1. The summed E-state index contributed by atoms with van der Waals surface area (Å²) in [6.07, 6.45) is 3.55. The van der Waals surface area contributed by atoms with Gasteiger partial charge >= 0.3 is 0 Å². The summed E-state index contributed by atoms with van der Waals surface area (Å²) >= 11 is 10.8. The Morgan fingerprint density at radius 3 is 2.90 bits per heavy atom. The second-order valence-corrected chi connectivity index (χ2v) is 4.82. The van der Waals surface area contributed by atoms with E-state index in [1.54, 1.807) is 25.5 Å². The van der Waals surface area contributed by atoms with Crippen molar-refractivity contribution in [1.82, 2.24) is 5.43 Å². The number of nitrogens with two attached hydrogens (primary N) is 1. The smallest absolute Gasteiger partial charge is 0.184 e. The van der Waals surface area contributed by atoms with Crippen LogP contribution >= 0.6 is 23.8 Å². The molecule has 0 heterocycles. The van der Waals surface area contributed by atoms with Gasteiger partial charge in [-0.1, -0.05) is 24.9 Å². The lowest BCUT2D eigenvalue weighted by molar-refractivity contribution is 0.288. The topological polar surface area (TPSA) is 68.9 Å². The number of unbranched alkanes of at least 4 members (excludes halogenated alkanes) is 1. The number of hydrogen-bond acceptors (Lipinski definition) is 4. The summed E-state index contributed by atoms with van der Waals surface area (Å²) in [5, 5.41) is 4.43. The third-order valence-corrected chi connectivity index (χ3v) is 2.76.